The Labute approximate surface area is 252 Å². The first kappa shape index (κ1) is 29.7. The molecule has 3 aromatic carbocycles. The summed E-state index contributed by atoms with van der Waals surface area (Å²) in [5, 5.41) is 9.45. The molecule has 43 heavy (non-hydrogen) atoms. The number of carbonyl (C=O) groups is 1. The lowest BCUT2D eigenvalue weighted by atomic mass is 10.00. The molecule has 0 spiro atoms. The van der Waals surface area contributed by atoms with E-state index in [1.165, 1.54) is 12.1 Å². The summed E-state index contributed by atoms with van der Waals surface area (Å²) in [6, 6.07) is 22.4. The molecule has 220 valence electrons. The van der Waals surface area contributed by atoms with E-state index in [4.69, 9.17) is 4.74 Å². The van der Waals surface area contributed by atoms with E-state index < -0.39 is 16.1 Å². The fraction of sp³-hybridized carbons (Fsp3) is 0.273. The Bertz CT molecular complexity index is 1810. The number of anilines is 1. The fourth-order valence-electron chi connectivity index (χ4n) is 5.35. The van der Waals surface area contributed by atoms with Crippen molar-refractivity contribution in [2.75, 3.05) is 11.3 Å². The van der Waals surface area contributed by atoms with Crippen LogP contribution in [0.2, 0.25) is 0 Å². The maximum absolute atomic E-state index is 14.1. The van der Waals surface area contributed by atoms with Crippen molar-refractivity contribution in [3.63, 3.8) is 0 Å². The quantitative estimate of drug-likeness (QED) is 0.305. The van der Waals surface area contributed by atoms with Gasteiger partial charge < -0.3 is 9.64 Å². The second kappa shape index (κ2) is 12.2. The Morgan fingerprint density at radius 2 is 1.74 bits per heavy atom. The number of fused-ring (bicyclic) bond motifs is 4. The highest BCUT2D eigenvalue weighted by Crippen LogP contribution is 2.30. The van der Waals surface area contributed by atoms with Gasteiger partial charge in [-0.2, -0.15) is 10.2 Å². The number of carbonyl (C=O) groups excluding carboxylic acids is 1. The molecule has 0 saturated heterocycles. The van der Waals surface area contributed by atoms with Gasteiger partial charge in [0.15, 0.2) is 0 Å². The van der Waals surface area contributed by atoms with Crippen molar-refractivity contribution in [2.24, 2.45) is 5.92 Å². The molecule has 0 unspecified atom stereocenters. The highest BCUT2D eigenvalue weighted by Gasteiger charge is 2.29. The first-order valence-corrected chi connectivity index (χ1v) is 15.5. The van der Waals surface area contributed by atoms with Crippen LogP contribution < -0.4 is 9.46 Å². The van der Waals surface area contributed by atoms with E-state index in [1.54, 1.807) is 41.3 Å². The van der Waals surface area contributed by atoms with Crippen molar-refractivity contribution >= 4 is 21.9 Å². The third-order valence-electron chi connectivity index (χ3n) is 7.33. The number of hydrogen-bond donors (Lipinski definition) is 1. The van der Waals surface area contributed by atoms with Crippen LogP contribution in [-0.2, 0) is 16.6 Å². The molecule has 0 radical (unpaired) electrons. The van der Waals surface area contributed by atoms with Gasteiger partial charge in [0.1, 0.15) is 6.61 Å². The summed E-state index contributed by atoms with van der Waals surface area (Å²) in [6.07, 6.45) is 0.613. The lowest BCUT2D eigenvalue weighted by Crippen LogP contribution is -2.44. The first-order chi connectivity index (χ1) is 20.5. The van der Waals surface area contributed by atoms with Crippen molar-refractivity contribution in [1.29, 1.82) is 5.26 Å². The molecule has 4 bridgehead atoms. The number of benzene rings is 3. The number of nitriles is 1. The molecule has 1 N–H and O–H groups in total. The van der Waals surface area contributed by atoms with Crippen molar-refractivity contribution in [3.8, 4) is 23.2 Å². The summed E-state index contributed by atoms with van der Waals surface area (Å²) in [7, 11) is -4.16. The van der Waals surface area contributed by atoms with Gasteiger partial charge in [-0.25, -0.2) is 18.1 Å². The van der Waals surface area contributed by atoms with Crippen LogP contribution in [0.3, 0.4) is 0 Å². The second-order valence-corrected chi connectivity index (χ2v) is 12.8. The van der Waals surface area contributed by atoms with Crippen molar-refractivity contribution in [1.82, 2.24) is 14.9 Å². The van der Waals surface area contributed by atoms with Crippen LogP contribution in [-0.4, -0.2) is 41.8 Å². The SMILES string of the molecule is Cc1cccc(C)c1-c1cc2nc(n1)NS(=O)(=O)c1cccc(c1)C(=O)N(Cc1cccc(C#N)c1)[C@H](CC(C)C)CO2. The fourth-order valence-corrected chi connectivity index (χ4v) is 6.34. The van der Waals surface area contributed by atoms with Gasteiger partial charge in [0.05, 0.1) is 28.3 Å². The predicted molar refractivity (Wildman–Crippen MR) is 164 cm³/mol. The Hall–Kier alpha value is -4.75. The molecular formula is C33H33N5O4S. The highest BCUT2D eigenvalue weighted by molar-refractivity contribution is 7.92. The number of hydrogen-bond acceptors (Lipinski definition) is 7. The molecule has 5 rings (SSSR count). The number of aromatic nitrogens is 2. The van der Waals surface area contributed by atoms with E-state index in [2.05, 4.69) is 34.6 Å². The van der Waals surface area contributed by atoms with Crippen molar-refractivity contribution in [3.05, 3.63) is 101 Å². The minimum atomic E-state index is -4.16. The number of nitrogens with zero attached hydrogens (tertiary/aromatic N) is 4. The maximum atomic E-state index is 14.1. The molecule has 1 atom stereocenters. The molecule has 2 heterocycles. The molecule has 1 aromatic heterocycles. The third-order valence-corrected chi connectivity index (χ3v) is 8.66. The van der Waals surface area contributed by atoms with E-state index in [0.717, 1.165) is 22.3 Å². The van der Waals surface area contributed by atoms with Crippen LogP contribution >= 0.6 is 0 Å². The summed E-state index contributed by atoms with van der Waals surface area (Å²) in [5.74, 6) is -0.0767. The van der Waals surface area contributed by atoms with Gasteiger partial charge in [-0.3, -0.25) is 4.79 Å². The van der Waals surface area contributed by atoms with Gasteiger partial charge in [0.2, 0.25) is 11.8 Å². The van der Waals surface area contributed by atoms with Crippen molar-refractivity contribution < 1.29 is 17.9 Å². The Kier molecular flexibility index (Phi) is 8.46. The zero-order valence-electron chi connectivity index (χ0n) is 24.5. The molecule has 10 heteroatoms. The molecule has 0 saturated carbocycles. The lowest BCUT2D eigenvalue weighted by Gasteiger charge is -2.33. The van der Waals surface area contributed by atoms with E-state index in [-0.39, 0.29) is 47.3 Å². The molecule has 9 nitrogen and oxygen atoms in total. The molecule has 1 aliphatic heterocycles. The van der Waals surface area contributed by atoms with E-state index in [1.807, 2.05) is 38.1 Å². The standard InChI is InChI=1S/C33H33N5O4S/c1-21(2)14-27-20-42-30-17-29(31-22(3)8-5-9-23(31)4)35-33(36-30)37-43(40,41)28-13-7-12-26(16-28)32(39)38(27)19-25-11-6-10-24(15-25)18-34/h5-13,15-17,21,27H,14,19-20H2,1-4H3,(H,35,36,37)/t27-/m1/s1. The van der Waals surface area contributed by atoms with Crippen molar-refractivity contribution in [2.45, 2.75) is 51.6 Å². The van der Waals surface area contributed by atoms with E-state index in [9.17, 15) is 18.5 Å². The minimum absolute atomic E-state index is 0.0898. The number of rotatable bonds is 5. The second-order valence-electron chi connectivity index (χ2n) is 11.2. The van der Waals surface area contributed by atoms with Crippen LogP contribution in [0.1, 0.15) is 52.9 Å². The number of nitrogens with one attached hydrogen (secondary N) is 1. The average molecular weight is 596 g/mol. The first-order valence-electron chi connectivity index (χ1n) is 14.1. The molecule has 0 aliphatic carbocycles. The number of sulfonamides is 1. The van der Waals surface area contributed by atoms with Gasteiger partial charge in [-0.05, 0) is 73.2 Å². The van der Waals surface area contributed by atoms with Gasteiger partial charge >= 0.3 is 0 Å². The van der Waals surface area contributed by atoms with Gasteiger partial charge in [0, 0.05) is 23.7 Å². The third kappa shape index (κ3) is 6.68. The zero-order chi connectivity index (χ0) is 30.7. The summed E-state index contributed by atoms with van der Waals surface area (Å²) >= 11 is 0. The van der Waals surface area contributed by atoms with Gasteiger partial charge in [0.25, 0.3) is 15.9 Å². The predicted octanol–water partition coefficient (Wildman–Crippen LogP) is 5.88. The monoisotopic (exact) mass is 595 g/mol. The summed E-state index contributed by atoms with van der Waals surface area (Å²) in [5.41, 5.74) is 4.79. The number of ether oxygens (including phenoxy) is 1. The van der Waals surface area contributed by atoms with Gasteiger partial charge in [-0.15, -0.1) is 0 Å². The van der Waals surface area contributed by atoms with Crippen LogP contribution in [0.25, 0.3) is 11.3 Å². The number of amides is 1. The zero-order valence-corrected chi connectivity index (χ0v) is 25.4. The molecule has 1 amide bonds. The van der Waals surface area contributed by atoms with E-state index >= 15 is 0 Å². The highest BCUT2D eigenvalue weighted by atomic mass is 32.2. The summed E-state index contributed by atoms with van der Waals surface area (Å²) in [4.78, 5) is 24.7. The van der Waals surface area contributed by atoms with Crippen LogP contribution in [0.15, 0.2) is 77.7 Å². The topological polar surface area (TPSA) is 125 Å². The number of aryl methyl sites for hydroxylation is 2. The molecule has 1 aliphatic rings. The van der Waals surface area contributed by atoms with Crippen LogP contribution in [0, 0.1) is 31.1 Å². The smallest absolute Gasteiger partial charge is 0.264 e. The molecule has 4 aromatic rings. The summed E-state index contributed by atoms with van der Waals surface area (Å²) < 4.78 is 35.8. The maximum Gasteiger partial charge on any atom is 0.264 e. The largest absolute Gasteiger partial charge is 0.475 e. The Morgan fingerprint density at radius 3 is 2.47 bits per heavy atom. The average Bonchev–Trinajstić information content (AvgIpc) is 2.97. The lowest BCUT2D eigenvalue weighted by molar-refractivity contribution is 0.0553. The summed E-state index contributed by atoms with van der Waals surface area (Å²) in [6.45, 7) is 8.38. The van der Waals surface area contributed by atoms with Crippen LogP contribution in [0.5, 0.6) is 5.88 Å². The molecular weight excluding hydrogens is 562 g/mol. The van der Waals surface area contributed by atoms with Gasteiger partial charge in [-0.1, -0.05) is 50.2 Å². The Morgan fingerprint density at radius 1 is 1.02 bits per heavy atom. The normalized spacial score (nSPS) is 16.2. The minimum Gasteiger partial charge on any atom is -0.475 e. The molecule has 0 fully saturated rings. The van der Waals surface area contributed by atoms with Crippen LogP contribution in [0.4, 0.5) is 5.95 Å². The van der Waals surface area contributed by atoms with E-state index in [0.29, 0.717) is 17.7 Å². The Balaban J connectivity index is 1.67.